The summed E-state index contributed by atoms with van der Waals surface area (Å²) in [6.07, 6.45) is 1.45. The van der Waals surface area contributed by atoms with E-state index in [1.54, 1.807) is 12.1 Å². The highest BCUT2D eigenvalue weighted by atomic mass is 16.5. The Kier molecular flexibility index (Phi) is 4.27. The van der Waals surface area contributed by atoms with Crippen molar-refractivity contribution in [1.82, 2.24) is 10.3 Å². The zero-order valence-electron chi connectivity index (χ0n) is 9.56. The zero-order chi connectivity index (χ0) is 12.8. The van der Waals surface area contributed by atoms with Crippen LogP contribution in [0.4, 0.5) is 10.5 Å². The molecule has 0 aliphatic carbocycles. The lowest BCUT2D eigenvalue weighted by molar-refractivity contribution is -0.117. The molecule has 92 valence electrons. The van der Waals surface area contributed by atoms with Gasteiger partial charge in [0.2, 0.25) is 11.8 Å². The molecule has 0 bridgehead atoms. The number of aromatic nitrogens is 1. The molecule has 1 unspecified atom stereocenters. The van der Waals surface area contributed by atoms with Crippen molar-refractivity contribution in [3.05, 3.63) is 18.3 Å². The number of primary amides is 1. The maximum atomic E-state index is 11.6. The summed E-state index contributed by atoms with van der Waals surface area (Å²) < 4.78 is 4.88. The van der Waals surface area contributed by atoms with Gasteiger partial charge in [-0.2, -0.15) is 0 Å². The highest BCUT2D eigenvalue weighted by Gasteiger charge is 2.13. The maximum Gasteiger partial charge on any atom is 0.312 e. The Labute approximate surface area is 98.4 Å². The van der Waals surface area contributed by atoms with Crippen LogP contribution in [-0.4, -0.2) is 30.1 Å². The number of carbonyl (C=O) groups excluding carboxylic acids is 2. The molecule has 0 fully saturated rings. The SMILES string of the molecule is COc1ccc(NC(=O)C(C)NC(N)=O)cn1. The predicted octanol–water partition coefficient (Wildman–Crippen LogP) is 0.0855. The highest BCUT2D eigenvalue weighted by Crippen LogP contribution is 2.10. The molecule has 3 amide bonds. The molecule has 0 saturated carbocycles. The van der Waals surface area contributed by atoms with E-state index >= 15 is 0 Å². The fourth-order valence-corrected chi connectivity index (χ4v) is 1.10. The van der Waals surface area contributed by atoms with E-state index in [0.717, 1.165) is 0 Å². The van der Waals surface area contributed by atoms with Gasteiger partial charge >= 0.3 is 6.03 Å². The molecule has 17 heavy (non-hydrogen) atoms. The monoisotopic (exact) mass is 238 g/mol. The molecule has 1 atom stereocenters. The van der Waals surface area contributed by atoms with Crippen molar-refractivity contribution in [2.24, 2.45) is 5.73 Å². The first-order valence-corrected chi connectivity index (χ1v) is 4.90. The van der Waals surface area contributed by atoms with Crippen LogP contribution in [0.25, 0.3) is 0 Å². The Bertz CT molecular complexity index is 405. The number of methoxy groups -OCH3 is 1. The van der Waals surface area contributed by atoms with Gasteiger partial charge in [-0.3, -0.25) is 4.79 Å². The molecule has 0 saturated heterocycles. The van der Waals surface area contributed by atoms with Crippen molar-refractivity contribution in [3.63, 3.8) is 0 Å². The van der Waals surface area contributed by atoms with Crippen molar-refractivity contribution in [2.45, 2.75) is 13.0 Å². The minimum Gasteiger partial charge on any atom is -0.481 e. The maximum absolute atomic E-state index is 11.6. The van der Waals surface area contributed by atoms with Crippen LogP contribution in [0.1, 0.15) is 6.92 Å². The minimum atomic E-state index is -0.750. The van der Waals surface area contributed by atoms with E-state index in [1.165, 1.54) is 20.2 Å². The Morgan fingerprint density at radius 3 is 2.65 bits per heavy atom. The largest absolute Gasteiger partial charge is 0.481 e. The number of pyridine rings is 1. The standard InChI is InChI=1S/C10H14N4O3/c1-6(13-10(11)16)9(15)14-7-3-4-8(17-2)12-5-7/h3-6H,1-2H3,(H,14,15)(H3,11,13,16). The third-order valence-electron chi connectivity index (χ3n) is 1.97. The van der Waals surface area contributed by atoms with Crippen LogP contribution >= 0.6 is 0 Å². The minimum absolute atomic E-state index is 0.379. The third kappa shape index (κ3) is 3.98. The summed E-state index contributed by atoms with van der Waals surface area (Å²) >= 11 is 0. The molecule has 0 spiro atoms. The van der Waals surface area contributed by atoms with E-state index in [9.17, 15) is 9.59 Å². The number of carbonyl (C=O) groups is 2. The van der Waals surface area contributed by atoms with Crippen molar-refractivity contribution < 1.29 is 14.3 Å². The van der Waals surface area contributed by atoms with Crippen LogP contribution in [0.3, 0.4) is 0 Å². The van der Waals surface area contributed by atoms with Crippen molar-refractivity contribution >= 4 is 17.6 Å². The van der Waals surface area contributed by atoms with Gasteiger partial charge in [0.1, 0.15) is 6.04 Å². The highest BCUT2D eigenvalue weighted by molar-refractivity contribution is 5.96. The number of nitrogens with two attached hydrogens (primary N) is 1. The quantitative estimate of drug-likeness (QED) is 0.690. The van der Waals surface area contributed by atoms with Gasteiger partial charge in [-0.15, -0.1) is 0 Å². The number of anilines is 1. The van der Waals surface area contributed by atoms with Crippen LogP contribution in [0.2, 0.25) is 0 Å². The Morgan fingerprint density at radius 1 is 1.47 bits per heavy atom. The summed E-state index contributed by atoms with van der Waals surface area (Å²) in [5, 5.41) is 4.84. The van der Waals surface area contributed by atoms with E-state index in [-0.39, 0.29) is 5.91 Å². The van der Waals surface area contributed by atoms with Gasteiger partial charge in [0.05, 0.1) is 19.0 Å². The number of amides is 3. The smallest absolute Gasteiger partial charge is 0.312 e. The topological polar surface area (TPSA) is 106 Å². The van der Waals surface area contributed by atoms with Gasteiger partial charge in [0.25, 0.3) is 0 Å². The summed E-state index contributed by atoms with van der Waals surface area (Å²) in [6.45, 7) is 1.52. The van der Waals surface area contributed by atoms with E-state index in [2.05, 4.69) is 15.6 Å². The van der Waals surface area contributed by atoms with Crippen LogP contribution < -0.4 is 21.1 Å². The van der Waals surface area contributed by atoms with Gasteiger partial charge in [-0.1, -0.05) is 0 Å². The van der Waals surface area contributed by atoms with Crippen LogP contribution in [0, 0.1) is 0 Å². The molecule has 0 radical (unpaired) electrons. The van der Waals surface area contributed by atoms with Gasteiger partial charge in [0.15, 0.2) is 0 Å². The Hall–Kier alpha value is -2.31. The summed E-state index contributed by atoms with van der Waals surface area (Å²) in [6, 6.07) is 1.79. The van der Waals surface area contributed by atoms with Crippen molar-refractivity contribution in [1.29, 1.82) is 0 Å². The second-order valence-electron chi connectivity index (χ2n) is 3.31. The molecule has 7 nitrogen and oxygen atoms in total. The first-order valence-electron chi connectivity index (χ1n) is 4.90. The molecule has 0 aromatic carbocycles. The van der Waals surface area contributed by atoms with Crippen molar-refractivity contribution in [3.8, 4) is 5.88 Å². The summed E-state index contributed by atoms with van der Waals surface area (Å²) in [4.78, 5) is 26.0. The third-order valence-corrected chi connectivity index (χ3v) is 1.97. The number of nitrogens with zero attached hydrogens (tertiary/aromatic N) is 1. The van der Waals surface area contributed by atoms with Crippen LogP contribution in [-0.2, 0) is 4.79 Å². The van der Waals surface area contributed by atoms with Gasteiger partial charge in [0, 0.05) is 6.07 Å². The molecule has 1 heterocycles. The summed E-state index contributed by atoms with van der Waals surface area (Å²) in [5.41, 5.74) is 5.41. The zero-order valence-corrected chi connectivity index (χ0v) is 9.56. The average molecular weight is 238 g/mol. The van der Waals surface area contributed by atoms with E-state index in [4.69, 9.17) is 10.5 Å². The number of rotatable bonds is 4. The lowest BCUT2D eigenvalue weighted by atomic mass is 10.3. The first-order chi connectivity index (χ1) is 8.02. The second-order valence-corrected chi connectivity index (χ2v) is 3.31. The molecule has 1 rings (SSSR count). The predicted molar refractivity (Wildman–Crippen MR) is 61.6 cm³/mol. The molecule has 1 aromatic heterocycles. The Balaban J connectivity index is 2.58. The normalized spacial score (nSPS) is 11.4. The lowest BCUT2D eigenvalue weighted by Crippen LogP contribution is -2.44. The lowest BCUT2D eigenvalue weighted by Gasteiger charge is -2.12. The molecule has 1 aromatic rings. The average Bonchev–Trinajstić information content (AvgIpc) is 2.29. The van der Waals surface area contributed by atoms with Crippen LogP contribution in [0.5, 0.6) is 5.88 Å². The molecular formula is C10H14N4O3. The fraction of sp³-hybridized carbons (Fsp3) is 0.300. The number of ether oxygens (including phenoxy) is 1. The van der Waals surface area contributed by atoms with E-state index in [1.807, 2.05) is 0 Å². The van der Waals surface area contributed by atoms with Gasteiger partial charge in [-0.25, -0.2) is 9.78 Å². The number of urea groups is 1. The summed E-state index contributed by atoms with van der Waals surface area (Å²) in [5.74, 6) is 0.0714. The molecule has 7 heteroatoms. The molecule has 4 N–H and O–H groups in total. The first kappa shape index (κ1) is 12.8. The van der Waals surface area contributed by atoms with E-state index < -0.39 is 12.1 Å². The fourth-order valence-electron chi connectivity index (χ4n) is 1.10. The Morgan fingerprint density at radius 2 is 2.18 bits per heavy atom. The van der Waals surface area contributed by atoms with Crippen molar-refractivity contribution in [2.75, 3.05) is 12.4 Å². The van der Waals surface area contributed by atoms with Gasteiger partial charge < -0.3 is 21.1 Å². The number of hydrogen-bond donors (Lipinski definition) is 3. The molecule has 0 aliphatic heterocycles. The number of nitrogens with one attached hydrogen (secondary N) is 2. The van der Waals surface area contributed by atoms with E-state index in [0.29, 0.717) is 11.6 Å². The second kappa shape index (κ2) is 5.69. The van der Waals surface area contributed by atoms with Crippen LogP contribution in [0.15, 0.2) is 18.3 Å². The van der Waals surface area contributed by atoms with Gasteiger partial charge in [-0.05, 0) is 13.0 Å². The number of hydrogen-bond acceptors (Lipinski definition) is 4. The molecule has 0 aliphatic rings. The summed E-state index contributed by atoms with van der Waals surface area (Å²) in [7, 11) is 1.50. The molecular weight excluding hydrogens is 224 g/mol.